The molecule has 0 aliphatic heterocycles. The van der Waals surface area contributed by atoms with Crippen molar-refractivity contribution in [2.24, 2.45) is 4.99 Å². The monoisotopic (exact) mass is 358 g/mol. The number of fused-ring (bicyclic) bond motifs is 1. The number of rotatable bonds is 6. The molecular weight excluding hydrogens is 338 g/mol. The standard InChI is InChI=1S/C18H20N3O3S/c1-3-21-16-13-15(20-25(2,22)23)9-10-17(16)24-18(21)11-12-19-14-7-5-4-6-8-14/h4-10,12-13,20H,3,11H2,1-2H3/q+1. The highest BCUT2D eigenvalue weighted by molar-refractivity contribution is 7.92. The van der Waals surface area contributed by atoms with Gasteiger partial charge < -0.3 is 4.42 Å². The second kappa shape index (κ2) is 7.06. The lowest BCUT2D eigenvalue weighted by molar-refractivity contribution is -0.679. The Bertz CT molecular complexity index is 1010. The van der Waals surface area contributed by atoms with Gasteiger partial charge in [0.25, 0.3) is 5.52 Å². The van der Waals surface area contributed by atoms with Gasteiger partial charge in [0.1, 0.15) is 13.0 Å². The van der Waals surface area contributed by atoms with Crippen LogP contribution in [0.25, 0.3) is 11.1 Å². The summed E-state index contributed by atoms with van der Waals surface area (Å²) in [6.45, 7) is 2.73. The van der Waals surface area contributed by atoms with Crippen LogP contribution in [0.1, 0.15) is 12.8 Å². The predicted octanol–water partition coefficient (Wildman–Crippen LogP) is 3.06. The van der Waals surface area contributed by atoms with Gasteiger partial charge in [-0.15, -0.1) is 0 Å². The molecule has 0 saturated heterocycles. The Morgan fingerprint density at radius 1 is 1.20 bits per heavy atom. The third kappa shape index (κ3) is 4.24. The number of hydrogen-bond acceptors (Lipinski definition) is 4. The van der Waals surface area contributed by atoms with Gasteiger partial charge in [-0.3, -0.25) is 9.71 Å². The van der Waals surface area contributed by atoms with Crippen molar-refractivity contribution in [2.45, 2.75) is 19.9 Å². The van der Waals surface area contributed by atoms with Gasteiger partial charge in [-0.05, 0) is 31.2 Å². The second-order valence-electron chi connectivity index (χ2n) is 5.65. The molecule has 3 rings (SSSR count). The fraction of sp³-hybridized carbons (Fsp3) is 0.222. The number of para-hydroxylation sites is 1. The second-order valence-corrected chi connectivity index (χ2v) is 7.40. The van der Waals surface area contributed by atoms with E-state index in [4.69, 9.17) is 4.42 Å². The Morgan fingerprint density at radius 2 is 1.96 bits per heavy atom. The van der Waals surface area contributed by atoms with Crippen molar-refractivity contribution in [3.63, 3.8) is 0 Å². The maximum atomic E-state index is 11.4. The van der Waals surface area contributed by atoms with E-state index in [-0.39, 0.29) is 0 Å². The summed E-state index contributed by atoms with van der Waals surface area (Å²) in [7, 11) is -3.31. The number of benzene rings is 2. The Hall–Kier alpha value is -2.67. The summed E-state index contributed by atoms with van der Waals surface area (Å²) in [5, 5.41) is 0. The van der Waals surface area contributed by atoms with Crippen molar-refractivity contribution in [2.75, 3.05) is 11.0 Å². The van der Waals surface area contributed by atoms with Gasteiger partial charge in [0.05, 0.1) is 17.6 Å². The number of nitrogens with zero attached hydrogens (tertiary/aromatic N) is 2. The topological polar surface area (TPSA) is 75.5 Å². The molecule has 0 fully saturated rings. The number of aromatic nitrogens is 1. The van der Waals surface area contributed by atoms with Crippen LogP contribution in [0.15, 0.2) is 57.9 Å². The van der Waals surface area contributed by atoms with E-state index in [0.717, 1.165) is 23.4 Å². The van der Waals surface area contributed by atoms with Crippen LogP contribution >= 0.6 is 0 Å². The minimum absolute atomic E-state index is 0.516. The van der Waals surface area contributed by atoms with Gasteiger partial charge in [0.15, 0.2) is 0 Å². The summed E-state index contributed by atoms with van der Waals surface area (Å²) >= 11 is 0. The molecule has 0 atom stereocenters. The fourth-order valence-electron chi connectivity index (χ4n) is 2.65. The van der Waals surface area contributed by atoms with Crippen LogP contribution in [-0.4, -0.2) is 20.9 Å². The van der Waals surface area contributed by atoms with Crippen LogP contribution in [0.5, 0.6) is 0 Å². The summed E-state index contributed by atoms with van der Waals surface area (Å²) < 4.78 is 33.2. The summed E-state index contributed by atoms with van der Waals surface area (Å²) in [6, 6.07) is 14.9. The number of anilines is 1. The highest BCUT2D eigenvalue weighted by Gasteiger charge is 2.21. The first-order chi connectivity index (χ1) is 12.0. The Morgan fingerprint density at radius 3 is 2.64 bits per heavy atom. The number of aryl methyl sites for hydroxylation is 1. The van der Waals surface area contributed by atoms with E-state index in [0.29, 0.717) is 24.2 Å². The van der Waals surface area contributed by atoms with Gasteiger partial charge in [-0.25, -0.2) is 8.42 Å². The molecule has 0 aliphatic carbocycles. The molecule has 0 amide bonds. The van der Waals surface area contributed by atoms with Crippen LogP contribution in [-0.2, 0) is 23.0 Å². The lowest BCUT2D eigenvalue weighted by Gasteiger charge is -2.01. The molecule has 2 aromatic carbocycles. The smallest absolute Gasteiger partial charge is 0.353 e. The first-order valence-corrected chi connectivity index (χ1v) is 9.86. The van der Waals surface area contributed by atoms with Crippen molar-refractivity contribution in [3.8, 4) is 0 Å². The highest BCUT2D eigenvalue weighted by atomic mass is 32.2. The summed E-state index contributed by atoms with van der Waals surface area (Å²) in [5.74, 6) is 0.772. The largest absolute Gasteiger partial charge is 0.401 e. The van der Waals surface area contributed by atoms with Gasteiger partial charge in [-0.2, -0.15) is 4.57 Å². The minimum Gasteiger partial charge on any atom is -0.401 e. The van der Waals surface area contributed by atoms with Gasteiger partial charge in [-0.1, -0.05) is 18.2 Å². The zero-order valence-electron chi connectivity index (χ0n) is 14.1. The molecule has 1 heterocycles. The van der Waals surface area contributed by atoms with Crippen LogP contribution in [0.2, 0.25) is 0 Å². The Kier molecular flexibility index (Phi) is 4.85. The lowest BCUT2D eigenvalue weighted by Crippen LogP contribution is -2.35. The van der Waals surface area contributed by atoms with Crippen molar-refractivity contribution in [1.82, 2.24) is 0 Å². The van der Waals surface area contributed by atoms with Crippen molar-refractivity contribution < 1.29 is 17.4 Å². The van der Waals surface area contributed by atoms with Crippen molar-refractivity contribution >= 4 is 38.7 Å². The number of hydrogen-bond donors (Lipinski definition) is 1. The molecule has 130 valence electrons. The summed E-state index contributed by atoms with van der Waals surface area (Å²) in [4.78, 5) is 4.42. The average molecular weight is 358 g/mol. The van der Waals surface area contributed by atoms with Crippen LogP contribution in [0.4, 0.5) is 11.4 Å². The Balaban J connectivity index is 1.89. The van der Waals surface area contributed by atoms with E-state index in [9.17, 15) is 8.42 Å². The van der Waals surface area contributed by atoms with Crippen LogP contribution in [0, 0.1) is 0 Å². The maximum Gasteiger partial charge on any atom is 0.353 e. The molecule has 1 aromatic heterocycles. The quantitative estimate of drug-likeness (QED) is 0.543. The van der Waals surface area contributed by atoms with E-state index in [1.54, 1.807) is 18.2 Å². The van der Waals surface area contributed by atoms with E-state index < -0.39 is 10.0 Å². The Labute approximate surface area is 146 Å². The molecule has 0 saturated carbocycles. The number of nitrogens with one attached hydrogen (secondary N) is 1. The van der Waals surface area contributed by atoms with E-state index in [1.807, 2.05) is 48.0 Å². The third-order valence-electron chi connectivity index (χ3n) is 3.66. The molecule has 0 bridgehead atoms. The average Bonchev–Trinajstić information content (AvgIpc) is 2.91. The van der Waals surface area contributed by atoms with Crippen molar-refractivity contribution in [1.29, 1.82) is 0 Å². The summed E-state index contributed by atoms with van der Waals surface area (Å²) in [5.41, 5.74) is 2.96. The summed E-state index contributed by atoms with van der Waals surface area (Å²) in [6.07, 6.45) is 3.49. The normalized spacial score (nSPS) is 12.1. The van der Waals surface area contributed by atoms with E-state index in [2.05, 4.69) is 9.71 Å². The number of sulfonamides is 1. The molecule has 7 heteroatoms. The molecule has 6 nitrogen and oxygen atoms in total. The van der Waals surface area contributed by atoms with Gasteiger partial charge in [0, 0.05) is 12.3 Å². The molecule has 1 N–H and O–H groups in total. The van der Waals surface area contributed by atoms with E-state index >= 15 is 0 Å². The number of oxazole rings is 1. The molecule has 0 radical (unpaired) electrons. The predicted molar refractivity (Wildman–Crippen MR) is 98.8 cm³/mol. The fourth-order valence-corrected chi connectivity index (χ4v) is 3.21. The highest BCUT2D eigenvalue weighted by Crippen LogP contribution is 2.20. The van der Waals surface area contributed by atoms with Gasteiger partial charge >= 0.3 is 5.89 Å². The van der Waals surface area contributed by atoms with E-state index in [1.165, 1.54) is 0 Å². The molecule has 0 spiro atoms. The zero-order chi connectivity index (χ0) is 17.9. The molecule has 0 unspecified atom stereocenters. The molecule has 25 heavy (non-hydrogen) atoms. The molecule has 3 aromatic rings. The molecular formula is C18H20N3O3S+. The zero-order valence-corrected chi connectivity index (χ0v) is 15.0. The third-order valence-corrected chi connectivity index (χ3v) is 4.27. The van der Waals surface area contributed by atoms with Crippen molar-refractivity contribution in [3.05, 3.63) is 54.4 Å². The first kappa shape index (κ1) is 17.2. The van der Waals surface area contributed by atoms with Crippen LogP contribution < -0.4 is 9.29 Å². The maximum absolute atomic E-state index is 11.4. The number of aliphatic imine (C=N–C) groups is 1. The minimum atomic E-state index is -3.31. The first-order valence-electron chi connectivity index (χ1n) is 7.97. The van der Waals surface area contributed by atoms with Crippen LogP contribution in [0.3, 0.4) is 0 Å². The SMILES string of the molecule is CC[n+]1c(CC=Nc2ccccc2)oc2ccc(NS(C)(=O)=O)cc21. The molecule has 0 aliphatic rings. The lowest BCUT2D eigenvalue weighted by atomic mass is 10.3. The van der Waals surface area contributed by atoms with Gasteiger partial charge in [0.2, 0.25) is 15.6 Å².